The SMILES string of the molecule is Cn1cnc2c(NCCCN3CCOCC3)nc3oc(-c4ccccc4)nc3c21. The van der Waals surface area contributed by atoms with Crippen molar-refractivity contribution in [3.05, 3.63) is 36.7 Å². The molecule has 3 aromatic heterocycles. The molecular formula is C21H24N6O2. The maximum atomic E-state index is 6.00. The minimum Gasteiger partial charge on any atom is -0.418 e. The molecule has 0 bridgehead atoms. The summed E-state index contributed by atoms with van der Waals surface area (Å²) < 4.78 is 13.4. The lowest BCUT2D eigenvalue weighted by molar-refractivity contribution is 0.0378. The van der Waals surface area contributed by atoms with Crippen LogP contribution in [0.3, 0.4) is 0 Å². The third kappa shape index (κ3) is 3.56. The summed E-state index contributed by atoms with van der Waals surface area (Å²) in [4.78, 5) is 16.4. The predicted molar refractivity (Wildman–Crippen MR) is 112 cm³/mol. The van der Waals surface area contributed by atoms with Crippen molar-refractivity contribution in [2.45, 2.75) is 6.42 Å². The summed E-state index contributed by atoms with van der Waals surface area (Å²) in [5.74, 6) is 1.31. The zero-order chi connectivity index (χ0) is 19.6. The summed E-state index contributed by atoms with van der Waals surface area (Å²) in [6.07, 6.45) is 2.82. The van der Waals surface area contributed by atoms with Gasteiger partial charge in [0, 0.05) is 32.2 Å². The van der Waals surface area contributed by atoms with Crippen molar-refractivity contribution in [3.8, 4) is 11.5 Å². The van der Waals surface area contributed by atoms with Gasteiger partial charge >= 0.3 is 0 Å². The lowest BCUT2D eigenvalue weighted by Gasteiger charge is -2.26. The predicted octanol–water partition coefficient (Wildman–Crippen LogP) is 2.91. The van der Waals surface area contributed by atoms with Crippen molar-refractivity contribution in [2.24, 2.45) is 7.05 Å². The summed E-state index contributed by atoms with van der Waals surface area (Å²) in [6, 6.07) is 9.88. The van der Waals surface area contributed by atoms with Crippen LogP contribution in [-0.4, -0.2) is 63.8 Å². The number of ether oxygens (including phenoxy) is 1. The van der Waals surface area contributed by atoms with Gasteiger partial charge in [0.1, 0.15) is 11.0 Å². The molecule has 0 aliphatic carbocycles. The Hall–Kier alpha value is -2.97. The van der Waals surface area contributed by atoms with Gasteiger partial charge in [-0.25, -0.2) is 9.97 Å². The monoisotopic (exact) mass is 392 g/mol. The first-order valence-electron chi connectivity index (χ1n) is 10.0. The Kier molecular flexibility index (Phi) is 4.87. The van der Waals surface area contributed by atoms with Gasteiger partial charge in [0.05, 0.1) is 19.5 Å². The van der Waals surface area contributed by atoms with E-state index >= 15 is 0 Å². The van der Waals surface area contributed by atoms with E-state index in [1.54, 1.807) is 6.33 Å². The van der Waals surface area contributed by atoms with Crippen molar-refractivity contribution in [1.82, 2.24) is 24.4 Å². The molecule has 5 rings (SSSR count). The molecular weight excluding hydrogens is 368 g/mol. The number of oxazole rings is 1. The van der Waals surface area contributed by atoms with Crippen molar-refractivity contribution in [2.75, 3.05) is 44.7 Å². The summed E-state index contributed by atoms with van der Waals surface area (Å²) >= 11 is 0. The molecule has 1 aliphatic heterocycles. The maximum absolute atomic E-state index is 6.00. The van der Waals surface area contributed by atoms with Crippen molar-refractivity contribution < 1.29 is 9.15 Å². The molecule has 29 heavy (non-hydrogen) atoms. The first kappa shape index (κ1) is 18.1. The molecule has 0 saturated carbocycles. The Balaban J connectivity index is 1.41. The quantitative estimate of drug-likeness (QED) is 0.505. The molecule has 1 aromatic carbocycles. The number of hydrogen-bond acceptors (Lipinski definition) is 7. The van der Waals surface area contributed by atoms with Crippen molar-refractivity contribution >= 4 is 28.1 Å². The number of aromatic nitrogens is 4. The fourth-order valence-corrected chi connectivity index (χ4v) is 3.74. The van der Waals surface area contributed by atoms with Gasteiger partial charge < -0.3 is 19.0 Å². The maximum Gasteiger partial charge on any atom is 0.251 e. The summed E-state index contributed by atoms with van der Waals surface area (Å²) in [7, 11) is 1.97. The second kappa shape index (κ2) is 7.81. The number of morpholine rings is 1. The molecule has 4 aromatic rings. The van der Waals surface area contributed by atoms with Crippen LogP contribution in [0.15, 0.2) is 41.1 Å². The van der Waals surface area contributed by atoms with Crippen LogP contribution in [0.4, 0.5) is 5.82 Å². The Labute approximate surface area is 168 Å². The molecule has 1 fully saturated rings. The standard InChI is InChI=1S/C21H24N6O2/c1-26-14-23-16-18(26)17-21(29-20(24-17)15-6-3-2-4-7-15)25-19(16)22-8-5-9-27-10-12-28-13-11-27/h2-4,6-7,14H,5,8-13H2,1H3,(H,22,25). The van der Waals surface area contributed by atoms with Gasteiger partial charge in [-0.05, 0) is 25.1 Å². The third-order valence-electron chi connectivity index (χ3n) is 5.28. The number of rotatable bonds is 6. The lowest BCUT2D eigenvalue weighted by Crippen LogP contribution is -2.37. The van der Waals surface area contributed by atoms with E-state index in [-0.39, 0.29) is 0 Å². The molecule has 1 aliphatic rings. The number of benzene rings is 1. The molecule has 0 spiro atoms. The third-order valence-corrected chi connectivity index (χ3v) is 5.28. The van der Waals surface area contributed by atoms with E-state index in [0.717, 1.165) is 73.7 Å². The molecule has 8 nitrogen and oxygen atoms in total. The van der Waals surface area contributed by atoms with Gasteiger partial charge in [-0.2, -0.15) is 4.98 Å². The molecule has 8 heteroatoms. The van der Waals surface area contributed by atoms with Gasteiger partial charge in [0.15, 0.2) is 11.3 Å². The van der Waals surface area contributed by atoms with Crippen LogP contribution >= 0.6 is 0 Å². The van der Waals surface area contributed by atoms with Crippen LogP contribution in [-0.2, 0) is 11.8 Å². The highest BCUT2D eigenvalue weighted by Gasteiger charge is 2.19. The average molecular weight is 392 g/mol. The van der Waals surface area contributed by atoms with E-state index in [2.05, 4.69) is 15.2 Å². The minimum atomic E-state index is 0.524. The van der Waals surface area contributed by atoms with E-state index in [0.29, 0.717) is 11.6 Å². The number of hydrogen-bond donors (Lipinski definition) is 1. The van der Waals surface area contributed by atoms with Crippen LogP contribution in [0.25, 0.3) is 33.7 Å². The molecule has 0 radical (unpaired) electrons. The summed E-state index contributed by atoms with van der Waals surface area (Å²) in [5, 5.41) is 3.45. The van der Waals surface area contributed by atoms with Crippen LogP contribution in [0.5, 0.6) is 0 Å². The number of fused-ring (bicyclic) bond motifs is 3. The first-order valence-corrected chi connectivity index (χ1v) is 10.0. The van der Waals surface area contributed by atoms with Gasteiger partial charge in [0.25, 0.3) is 5.71 Å². The van der Waals surface area contributed by atoms with E-state index in [9.17, 15) is 0 Å². The highest BCUT2D eigenvalue weighted by atomic mass is 16.5. The van der Waals surface area contributed by atoms with Gasteiger partial charge in [-0.15, -0.1) is 0 Å². The van der Waals surface area contributed by atoms with E-state index in [4.69, 9.17) is 19.1 Å². The van der Waals surface area contributed by atoms with Gasteiger partial charge in [-0.3, -0.25) is 4.90 Å². The van der Waals surface area contributed by atoms with Gasteiger partial charge in [0.2, 0.25) is 5.89 Å². The molecule has 4 heterocycles. The fourth-order valence-electron chi connectivity index (χ4n) is 3.74. The molecule has 0 unspecified atom stereocenters. The van der Waals surface area contributed by atoms with Crippen LogP contribution < -0.4 is 5.32 Å². The topological polar surface area (TPSA) is 81.2 Å². The number of anilines is 1. The number of nitrogens with zero attached hydrogens (tertiary/aromatic N) is 5. The Morgan fingerprint density at radius 1 is 1.07 bits per heavy atom. The first-order chi connectivity index (χ1) is 14.3. The van der Waals surface area contributed by atoms with Crippen LogP contribution in [0.2, 0.25) is 0 Å². The highest BCUT2D eigenvalue weighted by Crippen LogP contribution is 2.31. The molecule has 1 saturated heterocycles. The Bertz CT molecular complexity index is 1110. The second-order valence-electron chi connectivity index (χ2n) is 7.29. The van der Waals surface area contributed by atoms with Crippen LogP contribution in [0.1, 0.15) is 6.42 Å². The summed E-state index contributed by atoms with van der Waals surface area (Å²) in [6.45, 7) is 5.54. The highest BCUT2D eigenvalue weighted by molar-refractivity contribution is 6.03. The average Bonchev–Trinajstić information content (AvgIpc) is 3.36. The fraction of sp³-hybridized carbons (Fsp3) is 0.381. The molecule has 0 amide bonds. The second-order valence-corrected chi connectivity index (χ2v) is 7.29. The zero-order valence-corrected chi connectivity index (χ0v) is 16.5. The van der Waals surface area contributed by atoms with E-state index < -0.39 is 0 Å². The smallest absolute Gasteiger partial charge is 0.251 e. The minimum absolute atomic E-state index is 0.524. The number of pyridine rings is 1. The lowest BCUT2D eigenvalue weighted by atomic mass is 10.2. The Morgan fingerprint density at radius 2 is 1.90 bits per heavy atom. The molecule has 1 N–H and O–H groups in total. The van der Waals surface area contributed by atoms with E-state index in [1.165, 1.54) is 0 Å². The summed E-state index contributed by atoms with van der Waals surface area (Å²) in [5.41, 5.74) is 3.94. The van der Waals surface area contributed by atoms with Crippen LogP contribution in [0, 0.1) is 0 Å². The van der Waals surface area contributed by atoms with Crippen molar-refractivity contribution in [1.29, 1.82) is 0 Å². The van der Waals surface area contributed by atoms with Crippen molar-refractivity contribution in [3.63, 3.8) is 0 Å². The molecule has 150 valence electrons. The zero-order valence-electron chi connectivity index (χ0n) is 16.5. The molecule has 0 atom stereocenters. The van der Waals surface area contributed by atoms with Gasteiger partial charge in [-0.1, -0.05) is 18.2 Å². The normalized spacial score (nSPS) is 15.3. The Morgan fingerprint density at radius 3 is 2.72 bits per heavy atom. The largest absolute Gasteiger partial charge is 0.418 e. The van der Waals surface area contributed by atoms with E-state index in [1.807, 2.05) is 41.9 Å². The number of aryl methyl sites for hydroxylation is 1. The number of imidazole rings is 1. The number of nitrogens with one attached hydrogen (secondary N) is 1.